The van der Waals surface area contributed by atoms with Crippen LogP contribution in [0.1, 0.15) is 22.6 Å². The number of benzene rings is 3. The largest absolute Gasteiger partial charge is 0.508 e. The summed E-state index contributed by atoms with van der Waals surface area (Å²) in [6.07, 6.45) is 0. The van der Waals surface area contributed by atoms with Gasteiger partial charge in [-0.2, -0.15) is 0 Å². The molecule has 0 aliphatic carbocycles. The van der Waals surface area contributed by atoms with Crippen LogP contribution in [0, 0.1) is 0 Å². The van der Waals surface area contributed by atoms with E-state index in [2.05, 4.69) is 63.7 Å². The molecule has 7 heteroatoms. The summed E-state index contributed by atoms with van der Waals surface area (Å²) < 4.78 is 2.29. The average molecular weight is 608 g/mol. The van der Waals surface area contributed by atoms with Crippen molar-refractivity contribution in [2.45, 2.75) is 5.92 Å². The molecule has 0 aliphatic heterocycles. The minimum Gasteiger partial charge on any atom is -0.508 e. The molecule has 3 aromatic carbocycles. The number of phenols is 3. The second-order valence-corrected chi connectivity index (χ2v) is 9.11. The highest BCUT2D eigenvalue weighted by atomic mass is 79.9. The molecular weight excluding hydrogens is 596 g/mol. The van der Waals surface area contributed by atoms with Crippen LogP contribution in [0.25, 0.3) is 0 Å². The smallest absolute Gasteiger partial charge is 0.143 e. The maximum absolute atomic E-state index is 10.0. The van der Waals surface area contributed by atoms with Crippen molar-refractivity contribution in [3.05, 3.63) is 83.1 Å². The number of rotatable bonds is 3. The summed E-state index contributed by atoms with van der Waals surface area (Å²) in [5.74, 6) is 0.267. The fraction of sp³-hybridized carbons (Fsp3) is 0.0526. The molecule has 0 saturated carbocycles. The van der Waals surface area contributed by atoms with Gasteiger partial charge in [0.1, 0.15) is 17.2 Å². The van der Waals surface area contributed by atoms with E-state index in [1.54, 1.807) is 12.1 Å². The summed E-state index contributed by atoms with van der Waals surface area (Å²) >= 11 is 13.5. The van der Waals surface area contributed by atoms with E-state index in [4.69, 9.17) is 0 Å². The number of halogens is 4. The normalized spacial score (nSPS) is 11.1. The van der Waals surface area contributed by atoms with Gasteiger partial charge in [-0.05, 0) is 117 Å². The van der Waals surface area contributed by atoms with Crippen molar-refractivity contribution in [3.8, 4) is 17.2 Å². The lowest BCUT2D eigenvalue weighted by atomic mass is 9.85. The van der Waals surface area contributed by atoms with Gasteiger partial charge < -0.3 is 15.3 Å². The summed E-state index contributed by atoms with van der Waals surface area (Å²) in [4.78, 5) is 0. The lowest BCUT2D eigenvalue weighted by molar-refractivity contribution is 0.468. The summed E-state index contributed by atoms with van der Waals surface area (Å²) in [6.45, 7) is 0. The van der Waals surface area contributed by atoms with Gasteiger partial charge in [0.05, 0.1) is 17.9 Å². The minimum absolute atomic E-state index is 0.131. The Kier molecular flexibility index (Phi) is 6.01. The molecule has 134 valence electrons. The Hall–Kier alpha value is -1.02. The van der Waals surface area contributed by atoms with Gasteiger partial charge in [0.25, 0.3) is 0 Å². The lowest BCUT2D eigenvalue weighted by Gasteiger charge is -2.21. The van der Waals surface area contributed by atoms with Gasteiger partial charge in [-0.1, -0.05) is 12.1 Å². The third-order valence-corrected chi connectivity index (χ3v) is 6.39. The molecule has 0 spiro atoms. The number of phenolic OH excluding ortho intramolecular Hbond substituents is 3. The third-order valence-electron chi connectivity index (χ3n) is 3.97. The highest BCUT2D eigenvalue weighted by molar-refractivity contribution is 9.11. The maximum atomic E-state index is 10.0. The molecule has 3 N–H and O–H groups in total. The highest BCUT2D eigenvalue weighted by Gasteiger charge is 2.21. The first-order valence-corrected chi connectivity index (χ1v) is 10.6. The van der Waals surface area contributed by atoms with E-state index in [-0.39, 0.29) is 23.2 Å². The Labute approximate surface area is 184 Å². The summed E-state index contributed by atoms with van der Waals surface area (Å²) in [7, 11) is 0. The number of hydrogen-bond acceptors (Lipinski definition) is 3. The Bertz CT molecular complexity index is 868. The molecule has 26 heavy (non-hydrogen) atoms. The van der Waals surface area contributed by atoms with E-state index in [0.717, 1.165) is 16.7 Å². The van der Waals surface area contributed by atoms with Crippen molar-refractivity contribution in [1.29, 1.82) is 0 Å². The van der Waals surface area contributed by atoms with E-state index in [9.17, 15) is 15.3 Å². The topological polar surface area (TPSA) is 60.7 Å². The zero-order chi connectivity index (χ0) is 19.0. The van der Waals surface area contributed by atoms with Crippen molar-refractivity contribution >= 4 is 63.7 Å². The molecule has 0 aliphatic rings. The molecule has 3 nitrogen and oxygen atoms in total. The Morgan fingerprint density at radius 2 is 0.885 bits per heavy atom. The van der Waals surface area contributed by atoms with E-state index >= 15 is 0 Å². The monoisotopic (exact) mass is 604 g/mol. The maximum Gasteiger partial charge on any atom is 0.143 e. The first kappa shape index (κ1) is 19.7. The Morgan fingerprint density at radius 1 is 0.538 bits per heavy atom. The van der Waals surface area contributed by atoms with Gasteiger partial charge in [0, 0.05) is 5.92 Å². The van der Waals surface area contributed by atoms with Crippen LogP contribution < -0.4 is 0 Å². The van der Waals surface area contributed by atoms with Crippen LogP contribution in [-0.2, 0) is 0 Å². The van der Waals surface area contributed by atoms with Crippen molar-refractivity contribution in [1.82, 2.24) is 0 Å². The third kappa shape index (κ3) is 3.96. The fourth-order valence-electron chi connectivity index (χ4n) is 2.75. The van der Waals surface area contributed by atoms with E-state index in [0.29, 0.717) is 17.9 Å². The first-order valence-electron chi connectivity index (χ1n) is 7.42. The van der Waals surface area contributed by atoms with Gasteiger partial charge in [0.15, 0.2) is 0 Å². The van der Waals surface area contributed by atoms with Crippen molar-refractivity contribution in [3.63, 3.8) is 0 Å². The van der Waals surface area contributed by atoms with E-state index < -0.39 is 0 Å². The molecule has 0 amide bonds. The molecule has 0 atom stereocenters. The van der Waals surface area contributed by atoms with Gasteiger partial charge >= 0.3 is 0 Å². The minimum atomic E-state index is -0.183. The summed E-state index contributed by atoms with van der Waals surface area (Å²) in [5.41, 5.74) is 2.81. The molecule has 0 bridgehead atoms. The van der Waals surface area contributed by atoms with Crippen LogP contribution in [0.5, 0.6) is 17.2 Å². The van der Waals surface area contributed by atoms with Crippen molar-refractivity contribution in [2.75, 3.05) is 0 Å². The number of aromatic hydroxyl groups is 3. The van der Waals surface area contributed by atoms with Gasteiger partial charge in [-0.25, -0.2) is 0 Å². The highest BCUT2D eigenvalue weighted by Crippen LogP contribution is 2.43. The molecule has 3 aromatic rings. The fourth-order valence-corrected chi connectivity index (χ4v) is 5.19. The van der Waals surface area contributed by atoms with Gasteiger partial charge in [-0.15, -0.1) is 0 Å². The van der Waals surface area contributed by atoms with Crippen molar-refractivity contribution in [2.24, 2.45) is 0 Å². The van der Waals surface area contributed by atoms with Crippen LogP contribution in [-0.4, -0.2) is 15.3 Å². The predicted octanol–water partition coefficient (Wildman–Crippen LogP) is 7.03. The second kappa shape index (κ2) is 7.92. The first-order chi connectivity index (χ1) is 12.3. The molecule has 0 aromatic heterocycles. The lowest BCUT2D eigenvalue weighted by Crippen LogP contribution is -2.04. The van der Waals surface area contributed by atoms with Crippen LogP contribution in [0.15, 0.2) is 66.4 Å². The average Bonchev–Trinajstić information content (AvgIpc) is 2.59. The summed E-state index contributed by atoms with van der Waals surface area (Å²) in [5, 5.41) is 29.7. The zero-order valence-electron chi connectivity index (χ0n) is 13.0. The molecule has 0 unspecified atom stereocenters. The molecular formula is C19H12Br4O3. The Morgan fingerprint density at radius 3 is 1.23 bits per heavy atom. The second-order valence-electron chi connectivity index (χ2n) is 5.69. The molecule has 0 fully saturated rings. The Balaban J connectivity index is 2.25. The summed E-state index contributed by atoms with van der Waals surface area (Å²) in [6, 6.07) is 14.4. The molecule has 0 saturated heterocycles. The van der Waals surface area contributed by atoms with Crippen LogP contribution >= 0.6 is 63.7 Å². The molecule has 3 rings (SSSR count). The zero-order valence-corrected chi connectivity index (χ0v) is 19.4. The van der Waals surface area contributed by atoms with E-state index in [1.807, 2.05) is 36.4 Å². The van der Waals surface area contributed by atoms with Gasteiger partial charge in [-0.3, -0.25) is 0 Å². The quantitative estimate of drug-likeness (QED) is 0.280. The standard InChI is InChI=1S/C19H12Br4O3/c20-13-5-10(6-14(21)18(13)25)17(9-1-3-12(24)4-2-9)11-7-15(22)19(26)16(23)8-11/h1-8,17,24-26H. The van der Waals surface area contributed by atoms with Gasteiger partial charge in [0.2, 0.25) is 0 Å². The van der Waals surface area contributed by atoms with E-state index in [1.165, 1.54) is 0 Å². The SMILES string of the molecule is Oc1ccc(C(c2cc(Br)c(O)c(Br)c2)c2cc(Br)c(O)c(Br)c2)cc1. The number of hydrogen-bond donors (Lipinski definition) is 3. The van der Waals surface area contributed by atoms with Crippen molar-refractivity contribution < 1.29 is 15.3 Å². The predicted molar refractivity (Wildman–Crippen MR) is 116 cm³/mol. The van der Waals surface area contributed by atoms with Crippen LogP contribution in [0.2, 0.25) is 0 Å². The molecule has 0 heterocycles. The molecule has 0 radical (unpaired) electrons. The van der Waals surface area contributed by atoms with Crippen LogP contribution in [0.4, 0.5) is 0 Å². The van der Waals surface area contributed by atoms with Crippen LogP contribution in [0.3, 0.4) is 0 Å².